The summed E-state index contributed by atoms with van der Waals surface area (Å²) < 4.78 is 2.14. The van der Waals surface area contributed by atoms with Gasteiger partial charge in [0.15, 0.2) is 0 Å². The first-order valence-electron chi connectivity index (χ1n) is 5.26. The molecule has 2 aromatic rings. The van der Waals surface area contributed by atoms with Gasteiger partial charge in [0.05, 0.1) is 11.0 Å². The fraction of sp³-hybridized carbons (Fsp3) is 0.364. The molecule has 0 aliphatic carbocycles. The number of aromatic nitrogens is 2. The molecular weight excluding hydrogens is 242 g/mol. The van der Waals surface area contributed by atoms with Crippen LogP contribution < -0.4 is 5.73 Å². The van der Waals surface area contributed by atoms with E-state index in [-0.39, 0.29) is 0 Å². The summed E-state index contributed by atoms with van der Waals surface area (Å²) in [5, 5.41) is 0.706. The van der Waals surface area contributed by atoms with Crippen molar-refractivity contribution in [1.29, 1.82) is 0 Å². The third-order valence-electron chi connectivity index (χ3n) is 2.95. The minimum absolute atomic E-state index is 0.483. The average molecular weight is 254 g/mol. The number of anilines is 1. The quantitative estimate of drug-likeness (QED) is 0.850. The Morgan fingerprint density at radius 2 is 2.38 bits per heavy atom. The van der Waals surface area contributed by atoms with E-state index in [1.807, 2.05) is 30.0 Å². The number of nitrogens with zero attached hydrogens (tertiary/aromatic N) is 2. The summed E-state index contributed by atoms with van der Waals surface area (Å²) in [5.74, 6) is 2.93. The highest BCUT2D eigenvalue weighted by molar-refractivity contribution is 7.99. The first kappa shape index (κ1) is 10.3. The topological polar surface area (TPSA) is 43.8 Å². The van der Waals surface area contributed by atoms with Crippen molar-refractivity contribution >= 4 is 40.3 Å². The van der Waals surface area contributed by atoms with E-state index in [0.29, 0.717) is 17.0 Å². The number of nitrogen functional groups attached to an aromatic ring is 1. The van der Waals surface area contributed by atoms with Crippen LogP contribution in [0.5, 0.6) is 0 Å². The summed E-state index contributed by atoms with van der Waals surface area (Å²) in [5.41, 5.74) is 7.97. The van der Waals surface area contributed by atoms with Crippen LogP contribution in [0.15, 0.2) is 18.2 Å². The van der Waals surface area contributed by atoms with Crippen LogP contribution >= 0.6 is 23.4 Å². The maximum Gasteiger partial charge on any atom is 0.201 e. The number of halogens is 1. The summed E-state index contributed by atoms with van der Waals surface area (Å²) in [6, 6.07) is 6.25. The molecule has 1 fully saturated rings. The van der Waals surface area contributed by atoms with E-state index in [9.17, 15) is 0 Å². The lowest BCUT2D eigenvalue weighted by molar-refractivity contribution is 0.583. The van der Waals surface area contributed by atoms with Crippen molar-refractivity contribution in [3.05, 3.63) is 23.2 Å². The molecule has 1 unspecified atom stereocenters. The highest BCUT2D eigenvalue weighted by Crippen LogP contribution is 2.33. The Morgan fingerprint density at radius 1 is 1.50 bits per heavy atom. The molecule has 3 nitrogen and oxygen atoms in total. The summed E-state index contributed by atoms with van der Waals surface area (Å²) in [6.07, 6.45) is 1.17. The molecule has 1 saturated heterocycles. The Hall–Kier alpha value is -0.870. The van der Waals surface area contributed by atoms with Gasteiger partial charge in [0.1, 0.15) is 0 Å². The monoisotopic (exact) mass is 253 g/mol. The fourth-order valence-corrected chi connectivity index (χ4v) is 3.56. The van der Waals surface area contributed by atoms with Crippen LogP contribution in [0, 0.1) is 0 Å². The number of imidazole rings is 1. The van der Waals surface area contributed by atoms with Crippen LogP contribution in [0.25, 0.3) is 11.0 Å². The fourth-order valence-electron chi connectivity index (χ4n) is 2.20. The zero-order valence-corrected chi connectivity index (χ0v) is 10.3. The molecule has 1 aromatic carbocycles. The lowest BCUT2D eigenvalue weighted by Crippen LogP contribution is -2.10. The number of benzene rings is 1. The third-order valence-corrected chi connectivity index (χ3v) is 4.33. The van der Waals surface area contributed by atoms with Gasteiger partial charge >= 0.3 is 0 Å². The molecule has 16 heavy (non-hydrogen) atoms. The number of hydrogen-bond donors (Lipinski definition) is 1. The van der Waals surface area contributed by atoms with Crippen LogP contribution in [-0.4, -0.2) is 21.1 Å². The van der Waals surface area contributed by atoms with Crippen molar-refractivity contribution in [3.63, 3.8) is 0 Å². The van der Waals surface area contributed by atoms with Gasteiger partial charge in [-0.1, -0.05) is 11.6 Å². The van der Waals surface area contributed by atoms with Crippen LogP contribution in [0.2, 0.25) is 5.02 Å². The maximum atomic E-state index is 5.98. The highest BCUT2D eigenvalue weighted by atomic mass is 35.5. The van der Waals surface area contributed by atoms with Crippen LogP contribution in [0.1, 0.15) is 12.5 Å². The Labute approximate surface area is 103 Å². The van der Waals surface area contributed by atoms with Crippen molar-refractivity contribution < 1.29 is 0 Å². The van der Waals surface area contributed by atoms with Gasteiger partial charge in [-0.3, -0.25) is 0 Å². The van der Waals surface area contributed by atoms with Crippen molar-refractivity contribution in [2.24, 2.45) is 0 Å². The second-order valence-corrected chi connectivity index (χ2v) is 5.58. The molecule has 1 aliphatic heterocycles. The van der Waals surface area contributed by atoms with Gasteiger partial charge in [0.2, 0.25) is 5.95 Å². The molecule has 1 aromatic heterocycles. The van der Waals surface area contributed by atoms with Gasteiger partial charge in [-0.15, -0.1) is 0 Å². The summed E-state index contributed by atoms with van der Waals surface area (Å²) in [7, 11) is 0. The normalized spacial score (nSPS) is 20.7. The molecule has 0 radical (unpaired) electrons. The van der Waals surface area contributed by atoms with E-state index in [4.69, 9.17) is 17.3 Å². The molecule has 1 atom stereocenters. The number of fused-ring (bicyclic) bond motifs is 1. The Balaban J connectivity index is 2.18. The van der Waals surface area contributed by atoms with E-state index >= 15 is 0 Å². The average Bonchev–Trinajstić information content (AvgIpc) is 2.83. The first-order valence-corrected chi connectivity index (χ1v) is 6.79. The lowest BCUT2D eigenvalue weighted by Gasteiger charge is -2.13. The predicted octanol–water partition coefficient (Wildman–Crippen LogP) is 2.95. The Bertz CT molecular complexity index is 531. The van der Waals surface area contributed by atoms with E-state index in [0.717, 1.165) is 16.8 Å². The minimum Gasteiger partial charge on any atom is -0.369 e. The van der Waals surface area contributed by atoms with E-state index in [2.05, 4.69) is 9.55 Å². The smallest absolute Gasteiger partial charge is 0.201 e. The summed E-state index contributed by atoms with van der Waals surface area (Å²) in [4.78, 5) is 4.37. The van der Waals surface area contributed by atoms with E-state index < -0.39 is 0 Å². The SMILES string of the molecule is Nc1nc2cc(Cl)ccc2n1C1CCSC1. The predicted molar refractivity (Wildman–Crippen MR) is 70.1 cm³/mol. The molecule has 2 heterocycles. The van der Waals surface area contributed by atoms with Gasteiger partial charge in [-0.05, 0) is 30.4 Å². The van der Waals surface area contributed by atoms with Crippen LogP contribution in [0.3, 0.4) is 0 Å². The molecule has 5 heteroatoms. The zero-order chi connectivity index (χ0) is 11.1. The van der Waals surface area contributed by atoms with Gasteiger partial charge in [-0.25, -0.2) is 4.98 Å². The second-order valence-electron chi connectivity index (χ2n) is 3.99. The third kappa shape index (κ3) is 1.57. The molecule has 84 valence electrons. The van der Waals surface area contributed by atoms with Crippen molar-refractivity contribution in [1.82, 2.24) is 9.55 Å². The van der Waals surface area contributed by atoms with Crippen molar-refractivity contribution in [2.75, 3.05) is 17.2 Å². The maximum absolute atomic E-state index is 5.98. The molecule has 0 bridgehead atoms. The number of nitrogens with two attached hydrogens (primary N) is 1. The molecule has 1 aliphatic rings. The lowest BCUT2D eigenvalue weighted by atomic mass is 10.2. The summed E-state index contributed by atoms with van der Waals surface area (Å²) in [6.45, 7) is 0. The minimum atomic E-state index is 0.483. The van der Waals surface area contributed by atoms with Gasteiger partial charge in [0, 0.05) is 16.8 Å². The summed E-state index contributed by atoms with van der Waals surface area (Å²) >= 11 is 7.92. The first-order chi connectivity index (χ1) is 7.75. The number of hydrogen-bond acceptors (Lipinski definition) is 3. The zero-order valence-electron chi connectivity index (χ0n) is 8.69. The van der Waals surface area contributed by atoms with Gasteiger partial charge in [-0.2, -0.15) is 11.8 Å². The molecule has 3 rings (SSSR count). The number of thioether (sulfide) groups is 1. The second kappa shape index (κ2) is 3.86. The van der Waals surface area contributed by atoms with Gasteiger partial charge < -0.3 is 10.3 Å². The molecule has 0 amide bonds. The largest absolute Gasteiger partial charge is 0.369 e. The Morgan fingerprint density at radius 3 is 3.12 bits per heavy atom. The molecule has 0 saturated carbocycles. The highest BCUT2D eigenvalue weighted by Gasteiger charge is 2.21. The molecule has 2 N–H and O–H groups in total. The van der Waals surface area contributed by atoms with E-state index in [1.54, 1.807) is 0 Å². The number of rotatable bonds is 1. The van der Waals surface area contributed by atoms with E-state index in [1.165, 1.54) is 12.2 Å². The van der Waals surface area contributed by atoms with Crippen molar-refractivity contribution in [2.45, 2.75) is 12.5 Å². The van der Waals surface area contributed by atoms with Crippen LogP contribution in [0.4, 0.5) is 5.95 Å². The van der Waals surface area contributed by atoms with Crippen molar-refractivity contribution in [3.8, 4) is 0 Å². The standard InChI is InChI=1S/C11H12ClN3S/c12-7-1-2-10-9(5-7)14-11(13)15(10)8-3-4-16-6-8/h1-2,5,8H,3-4,6H2,(H2,13,14). The molecule has 0 spiro atoms. The Kier molecular flexibility index (Phi) is 2.48. The van der Waals surface area contributed by atoms with Crippen LogP contribution in [-0.2, 0) is 0 Å². The van der Waals surface area contributed by atoms with Gasteiger partial charge in [0.25, 0.3) is 0 Å². The molecular formula is C11H12ClN3S.